The van der Waals surface area contributed by atoms with Crippen LogP contribution < -0.4 is 20.9 Å². The third-order valence-corrected chi connectivity index (χ3v) is 6.81. The van der Waals surface area contributed by atoms with Gasteiger partial charge >= 0.3 is 6.03 Å². The minimum atomic E-state index is -0.550. The number of anilines is 2. The van der Waals surface area contributed by atoms with Crippen molar-refractivity contribution in [3.63, 3.8) is 0 Å². The number of unbranched alkanes of at least 4 members (excludes halogenated alkanes) is 1. The molecule has 0 saturated heterocycles. The van der Waals surface area contributed by atoms with Gasteiger partial charge in [-0.05, 0) is 50.1 Å². The molecule has 0 atom stereocenters. The van der Waals surface area contributed by atoms with Crippen molar-refractivity contribution in [1.82, 2.24) is 9.55 Å². The number of benzene rings is 1. The monoisotopic (exact) mass is 514 g/mol. The highest BCUT2D eigenvalue weighted by atomic mass is 32.2. The van der Waals surface area contributed by atoms with Crippen molar-refractivity contribution in [3.05, 3.63) is 52.6 Å². The lowest BCUT2D eigenvalue weighted by molar-refractivity contribution is 0.262. The second-order valence-corrected chi connectivity index (χ2v) is 9.41. The summed E-state index contributed by atoms with van der Waals surface area (Å²) in [4.78, 5) is 32.0. The van der Waals surface area contributed by atoms with E-state index in [1.165, 1.54) is 42.8 Å². The number of aromatic hydroxyl groups is 1. The number of rotatable bonds is 9. The molecular formula is C25H30N4O4S2. The van der Waals surface area contributed by atoms with Crippen molar-refractivity contribution in [2.75, 3.05) is 30.3 Å². The summed E-state index contributed by atoms with van der Waals surface area (Å²) in [5.41, 5.74) is 2.33. The van der Waals surface area contributed by atoms with Gasteiger partial charge in [0.05, 0.1) is 12.8 Å². The van der Waals surface area contributed by atoms with Crippen LogP contribution in [0.1, 0.15) is 25.5 Å². The number of ether oxygens (including phenoxy) is 1. The van der Waals surface area contributed by atoms with Gasteiger partial charge in [0.15, 0.2) is 0 Å². The van der Waals surface area contributed by atoms with E-state index in [1.807, 2.05) is 25.5 Å². The summed E-state index contributed by atoms with van der Waals surface area (Å²) in [6, 6.07) is 7.77. The second-order valence-electron chi connectivity index (χ2n) is 7.77. The Hall–Kier alpha value is -3.11. The molecule has 3 rings (SSSR count). The number of methoxy groups -OCH3 is 1. The molecule has 10 heteroatoms. The molecular weight excluding hydrogens is 484 g/mol. The van der Waals surface area contributed by atoms with Crippen LogP contribution in [0.5, 0.6) is 11.5 Å². The molecule has 0 saturated carbocycles. The van der Waals surface area contributed by atoms with E-state index in [4.69, 9.17) is 4.74 Å². The Morgan fingerprint density at radius 1 is 1.11 bits per heavy atom. The van der Waals surface area contributed by atoms with E-state index in [0.29, 0.717) is 34.1 Å². The van der Waals surface area contributed by atoms with E-state index in [9.17, 15) is 14.7 Å². The summed E-state index contributed by atoms with van der Waals surface area (Å²) < 4.78 is 7.02. The number of amides is 2. The van der Waals surface area contributed by atoms with Crippen molar-refractivity contribution in [1.29, 1.82) is 0 Å². The Kier molecular flexibility index (Phi) is 9.11. The number of urea groups is 1. The molecule has 0 aliphatic carbocycles. The maximum atomic E-state index is 13.4. The number of phenolic OH excluding ortho intramolecular Hbond substituents is 1. The number of hydrogen-bond acceptors (Lipinski definition) is 7. The molecule has 1 aromatic carbocycles. The molecule has 0 spiro atoms. The van der Waals surface area contributed by atoms with Crippen molar-refractivity contribution < 1.29 is 14.6 Å². The van der Waals surface area contributed by atoms with Crippen LogP contribution in [-0.2, 0) is 6.54 Å². The van der Waals surface area contributed by atoms with Gasteiger partial charge in [-0.25, -0.2) is 9.78 Å². The van der Waals surface area contributed by atoms with Crippen LogP contribution in [0.25, 0.3) is 11.1 Å². The Morgan fingerprint density at radius 2 is 1.86 bits per heavy atom. The number of carbonyl (C=O) groups excluding carboxylic acids is 1. The van der Waals surface area contributed by atoms with E-state index in [1.54, 1.807) is 22.9 Å². The van der Waals surface area contributed by atoms with Gasteiger partial charge in [-0.1, -0.05) is 13.3 Å². The highest BCUT2D eigenvalue weighted by Gasteiger charge is 2.20. The highest BCUT2D eigenvalue weighted by molar-refractivity contribution is 7.99. The quantitative estimate of drug-likeness (QED) is 0.309. The molecule has 0 radical (unpaired) electrons. The van der Waals surface area contributed by atoms with Crippen LogP contribution in [0, 0.1) is 6.92 Å². The van der Waals surface area contributed by atoms with Crippen LogP contribution >= 0.6 is 23.5 Å². The first-order valence-electron chi connectivity index (χ1n) is 11.1. The van der Waals surface area contributed by atoms with E-state index in [0.717, 1.165) is 23.4 Å². The zero-order valence-electron chi connectivity index (χ0n) is 20.5. The maximum absolute atomic E-state index is 13.4. The van der Waals surface area contributed by atoms with Gasteiger partial charge in [0.2, 0.25) is 0 Å². The Labute approximate surface area is 213 Å². The average Bonchev–Trinajstić information content (AvgIpc) is 2.85. The summed E-state index contributed by atoms with van der Waals surface area (Å²) in [6.07, 6.45) is 7.30. The number of pyridine rings is 2. The molecule has 0 bridgehead atoms. The average molecular weight is 515 g/mol. The van der Waals surface area contributed by atoms with Crippen LogP contribution in [0.15, 0.2) is 51.2 Å². The fraction of sp³-hybridized carbons (Fsp3) is 0.320. The zero-order chi connectivity index (χ0) is 25.5. The van der Waals surface area contributed by atoms with Crippen molar-refractivity contribution in [2.24, 2.45) is 0 Å². The SMILES string of the molecule is CCCCn1ccc(-c2ccc(O)cc2OC)c(NC(=O)Nc2c(SC)cc(C)nc2SC)c1=O. The molecule has 35 heavy (non-hydrogen) atoms. The van der Waals surface area contributed by atoms with E-state index in [2.05, 4.69) is 22.5 Å². The van der Waals surface area contributed by atoms with E-state index < -0.39 is 6.03 Å². The molecule has 0 aliphatic rings. The summed E-state index contributed by atoms with van der Waals surface area (Å²) in [6.45, 7) is 4.49. The van der Waals surface area contributed by atoms with Gasteiger partial charge in [0.25, 0.3) is 5.56 Å². The predicted octanol–water partition coefficient (Wildman–Crippen LogP) is 5.82. The number of aromatic nitrogens is 2. The fourth-order valence-electron chi connectivity index (χ4n) is 3.62. The van der Waals surface area contributed by atoms with Crippen LogP contribution in [0.2, 0.25) is 0 Å². The van der Waals surface area contributed by atoms with Crippen molar-refractivity contribution in [3.8, 4) is 22.6 Å². The van der Waals surface area contributed by atoms with Gasteiger partial charge in [-0.15, -0.1) is 23.5 Å². The van der Waals surface area contributed by atoms with Gasteiger partial charge in [-0.3, -0.25) is 4.79 Å². The standard InChI is InChI=1S/C25H30N4O4S2/c1-6-7-11-29-12-10-18(17-9-8-16(30)14-19(17)33-3)21(24(29)31)27-25(32)28-22-20(34-4)13-15(2)26-23(22)35-5/h8-10,12-14,30H,6-7,11H2,1-5H3,(H2,27,28,32). The number of nitrogens with one attached hydrogen (secondary N) is 2. The van der Waals surface area contributed by atoms with Gasteiger partial charge in [0, 0.05) is 40.5 Å². The lowest BCUT2D eigenvalue weighted by Crippen LogP contribution is -2.29. The molecule has 0 fully saturated rings. The van der Waals surface area contributed by atoms with E-state index in [-0.39, 0.29) is 17.0 Å². The lowest BCUT2D eigenvalue weighted by atomic mass is 10.0. The fourth-order valence-corrected chi connectivity index (χ4v) is 4.93. The smallest absolute Gasteiger partial charge is 0.323 e. The summed E-state index contributed by atoms with van der Waals surface area (Å²) in [7, 11) is 1.48. The third-order valence-electron chi connectivity index (χ3n) is 5.36. The second kappa shape index (κ2) is 12.0. The molecule has 0 unspecified atom stereocenters. The Bertz CT molecular complexity index is 1250. The number of aryl methyl sites for hydroxylation is 2. The summed E-state index contributed by atoms with van der Waals surface area (Å²) in [5, 5.41) is 16.2. The van der Waals surface area contributed by atoms with Gasteiger partial charge < -0.3 is 25.0 Å². The largest absolute Gasteiger partial charge is 0.508 e. The maximum Gasteiger partial charge on any atom is 0.323 e. The molecule has 3 N–H and O–H groups in total. The first-order valence-corrected chi connectivity index (χ1v) is 13.6. The number of hydrogen-bond donors (Lipinski definition) is 3. The van der Waals surface area contributed by atoms with Gasteiger partial charge in [0.1, 0.15) is 22.2 Å². The third kappa shape index (κ3) is 6.12. The first kappa shape index (κ1) is 26.5. The number of nitrogens with zero attached hydrogens (tertiary/aromatic N) is 2. The van der Waals surface area contributed by atoms with Crippen molar-refractivity contribution in [2.45, 2.75) is 43.2 Å². The van der Waals surface area contributed by atoms with Crippen LogP contribution in [0.3, 0.4) is 0 Å². The lowest BCUT2D eigenvalue weighted by Gasteiger charge is -2.18. The number of phenols is 1. The molecule has 8 nitrogen and oxygen atoms in total. The van der Waals surface area contributed by atoms with Crippen molar-refractivity contribution >= 4 is 40.9 Å². The van der Waals surface area contributed by atoms with E-state index >= 15 is 0 Å². The zero-order valence-corrected chi connectivity index (χ0v) is 22.1. The summed E-state index contributed by atoms with van der Waals surface area (Å²) in [5.74, 6) is 0.423. The predicted molar refractivity (Wildman–Crippen MR) is 144 cm³/mol. The van der Waals surface area contributed by atoms with Crippen LogP contribution in [-0.4, -0.2) is 40.3 Å². The summed E-state index contributed by atoms with van der Waals surface area (Å²) >= 11 is 2.94. The normalized spacial score (nSPS) is 10.8. The first-order chi connectivity index (χ1) is 16.8. The number of thioether (sulfide) groups is 2. The minimum Gasteiger partial charge on any atom is -0.508 e. The Balaban J connectivity index is 2.07. The molecule has 0 aliphatic heterocycles. The van der Waals surface area contributed by atoms with Gasteiger partial charge in [-0.2, -0.15) is 0 Å². The molecule has 186 valence electrons. The highest BCUT2D eigenvalue weighted by Crippen LogP contribution is 2.37. The molecule has 2 heterocycles. The molecule has 2 amide bonds. The minimum absolute atomic E-state index is 0.0372. The van der Waals surface area contributed by atoms with Crippen LogP contribution in [0.4, 0.5) is 16.2 Å². The number of carbonyl (C=O) groups is 1. The topological polar surface area (TPSA) is 105 Å². The Morgan fingerprint density at radius 3 is 2.51 bits per heavy atom. The molecule has 2 aromatic heterocycles. The molecule has 3 aromatic rings.